The van der Waals surface area contributed by atoms with Crippen molar-refractivity contribution in [3.8, 4) is 0 Å². The second kappa shape index (κ2) is 3.93. The Morgan fingerprint density at radius 3 is 1.92 bits per heavy atom. The molecular formula is C12H18O. The van der Waals surface area contributed by atoms with Crippen LogP contribution in [0, 0.1) is 13.8 Å². The SMILES string of the molecule is Cc1cc(CO)cc(C)c1C(C)C. The minimum absolute atomic E-state index is 0.139. The van der Waals surface area contributed by atoms with E-state index in [1.165, 1.54) is 16.7 Å². The summed E-state index contributed by atoms with van der Waals surface area (Å²) >= 11 is 0. The zero-order valence-corrected chi connectivity index (χ0v) is 8.89. The molecular weight excluding hydrogens is 160 g/mol. The molecule has 1 aromatic carbocycles. The standard InChI is InChI=1S/C12H18O/c1-8(2)12-9(3)5-11(7-13)6-10(12)4/h5-6,8,13H,7H2,1-4H3. The van der Waals surface area contributed by atoms with E-state index in [0.717, 1.165) is 5.56 Å². The highest BCUT2D eigenvalue weighted by atomic mass is 16.3. The van der Waals surface area contributed by atoms with Crippen molar-refractivity contribution in [2.75, 3.05) is 0 Å². The van der Waals surface area contributed by atoms with Gasteiger partial charge in [-0.3, -0.25) is 0 Å². The number of aryl methyl sites for hydroxylation is 2. The van der Waals surface area contributed by atoms with E-state index in [1.807, 2.05) is 0 Å². The molecule has 0 amide bonds. The third kappa shape index (κ3) is 2.10. The highest BCUT2D eigenvalue weighted by molar-refractivity contribution is 5.39. The van der Waals surface area contributed by atoms with Gasteiger partial charge < -0.3 is 5.11 Å². The van der Waals surface area contributed by atoms with Crippen LogP contribution in [0.1, 0.15) is 42.0 Å². The number of aliphatic hydroxyl groups is 1. The number of hydrogen-bond acceptors (Lipinski definition) is 1. The summed E-state index contributed by atoms with van der Waals surface area (Å²) in [4.78, 5) is 0. The first-order valence-corrected chi connectivity index (χ1v) is 4.77. The van der Waals surface area contributed by atoms with Crippen molar-refractivity contribution < 1.29 is 5.11 Å². The van der Waals surface area contributed by atoms with Crippen LogP contribution in [-0.2, 0) is 6.61 Å². The van der Waals surface area contributed by atoms with E-state index >= 15 is 0 Å². The third-order valence-corrected chi connectivity index (χ3v) is 2.41. The van der Waals surface area contributed by atoms with Crippen molar-refractivity contribution in [2.24, 2.45) is 0 Å². The number of rotatable bonds is 2. The highest BCUT2D eigenvalue weighted by Crippen LogP contribution is 2.24. The fraction of sp³-hybridized carbons (Fsp3) is 0.500. The van der Waals surface area contributed by atoms with Crippen molar-refractivity contribution in [3.63, 3.8) is 0 Å². The minimum Gasteiger partial charge on any atom is -0.392 e. The molecule has 0 heterocycles. The maximum absolute atomic E-state index is 9.02. The molecule has 0 spiro atoms. The van der Waals surface area contributed by atoms with Crippen LogP contribution in [0.2, 0.25) is 0 Å². The molecule has 1 rings (SSSR count). The molecule has 0 aliphatic heterocycles. The van der Waals surface area contributed by atoms with Crippen LogP contribution in [0.3, 0.4) is 0 Å². The molecule has 1 N–H and O–H groups in total. The van der Waals surface area contributed by atoms with Crippen LogP contribution in [0.25, 0.3) is 0 Å². The average Bonchev–Trinajstić information content (AvgIpc) is 2.02. The van der Waals surface area contributed by atoms with Crippen molar-refractivity contribution in [1.29, 1.82) is 0 Å². The third-order valence-electron chi connectivity index (χ3n) is 2.41. The van der Waals surface area contributed by atoms with Gasteiger partial charge in [-0.05, 0) is 42.0 Å². The molecule has 0 radical (unpaired) electrons. The molecule has 13 heavy (non-hydrogen) atoms. The average molecular weight is 178 g/mol. The molecule has 1 nitrogen and oxygen atoms in total. The molecule has 1 heteroatoms. The normalized spacial score (nSPS) is 10.9. The van der Waals surface area contributed by atoms with Crippen molar-refractivity contribution in [2.45, 2.75) is 40.2 Å². The smallest absolute Gasteiger partial charge is 0.0682 e. The lowest BCUT2D eigenvalue weighted by molar-refractivity contribution is 0.281. The summed E-state index contributed by atoms with van der Waals surface area (Å²) < 4.78 is 0. The van der Waals surface area contributed by atoms with Crippen LogP contribution in [0.4, 0.5) is 0 Å². The van der Waals surface area contributed by atoms with Crippen LogP contribution in [0.5, 0.6) is 0 Å². The molecule has 0 aliphatic rings. The van der Waals surface area contributed by atoms with Gasteiger partial charge in [0.25, 0.3) is 0 Å². The Morgan fingerprint density at radius 2 is 1.62 bits per heavy atom. The van der Waals surface area contributed by atoms with Gasteiger partial charge in [-0.1, -0.05) is 26.0 Å². The van der Waals surface area contributed by atoms with Crippen LogP contribution in [-0.4, -0.2) is 5.11 Å². The summed E-state index contributed by atoms with van der Waals surface area (Å²) in [5.74, 6) is 0.563. The van der Waals surface area contributed by atoms with Gasteiger partial charge >= 0.3 is 0 Å². The zero-order valence-electron chi connectivity index (χ0n) is 8.89. The Labute approximate surface area is 80.4 Å². The summed E-state index contributed by atoms with van der Waals surface area (Å²) in [6.45, 7) is 8.77. The monoisotopic (exact) mass is 178 g/mol. The second-order valence-corrected chi connectivity index (χ2v) is 3.96. The van der Waals surface area contributed by atoms with Gasteiger partial charge in [-0.15, -0.1) is 0 Å². The van der Waals surface area contributed by atoms with Crippen molar-refractivity contribution >= 4 is 0 Å². The topological polar surface area (TPSA) is 20.2 Å². The molecule has 72 valence electrons. The lowest BCUT2D eigenvalue weighted by Gasteiger charge is -2.14. The van der Waals surface area contributed by atoms with Gasteiger partial charge in [0.05, 0.1) is 6.61 Å². The lowest BCUT2D eigenvalue weighted by atomic mass is 9.91. The second-order valence-electron chi connectivity index (χ2n) is 3.96. The summed E-state index contributed by atoms with van der Waals surface area (Å²) in [6.07, 6.45) is 0. The van der Waals surface area contributed by atoms with E-state index in [9.17, 15) is 0 Å². The molecule has 0 aliphatic carbocycles. The maximum atomic E-state index is 9.02. The van der Waals surface area contributed by atoms with Gasteiger partial charge in [0.2, 0.25) is 0 Å². The van der Waals surface area contributed by atoms with Gasteiger partial charge in [-0.2, -0.15) is 0 Å². The minimum atomic E-state index is 0.139. The predicted octanol–water partition coefficient (Wildman–Crippen LogP) is 2.92. The zero-order chi connectivity index (χ0) is 10.0. The van der Waals surface area contributed by atoms with Gasteiger partial charge in [0.15, 0.2) is 0 Å². The first kappa shape index (κ1) is 10.3. The lowest BCUT2D eigenvalue weighted by Crippen LogP contribution is -1.98. The quantitative estimate of drug-likeness (QED) is 0.738. The van der Waals surface area contributed by atoms with E-state index < -0.39 is 0 Å². The van der Waals surface area contributed by atoms with Crippen molar-refractivity contribution in [3.05, 3.63) is 34.4 Å². The van der Waals surface area contributed by atoms with Gasteiger partial charge in [0, 0.05) is 0 Å². The summed E-state index contributed by atoms with van der Waals surface area (Å²) in [7, 11) is 0. The van der Waals surface area contributed by atoms with E-state index in [0.29, 0.717) is 5.92 Å². The molecule has 0 unspecified atom stereocenters. The van der Waals surface area contributed by atoms with Crippen LogP contribution in [0.15, 0.2) is 12.1 Å². The number of hydrogen-bond donors (Lipinski definition) is 1. The van der Waals surface area contributed by atoms with E-state index in [-0.39, 0.29) is 6.61 Å². The van der Waals surface area contributed by atoms with Crippen LogP contribution < -0.4 is 0 Å². The van der Waals surface area contributed by atoms with Gasteiger partial charge in [0.1, 0.15) is 0 Å². The summed E-state index contributed by atoms with van der Waals surface area (Å²) in [5.41, 5.74) is 5.01. The summed E-state index contributed by atoms with van der Waals surface area (Å²) in [6, 6.07) is 4.14. The first-order chi connectivity index (χ1) is 6.06. The largest absolute Gasteiger partial charge is 0.392 e. The van der Waals surface area contributed by atoms with Gasteiger partial charge in [-0.25, -0.2) is 0 Å². The molecule has 0 atom stereocenters. The summed E-state index contributed by atoms with van der Waals surface area (Å²) in [5, 5.41) is 9.02. The van der Waals surface area contributed by atoms with Crippen LogP contribution >= 0.6 is 0 Å². The molecule has 1 aromatic rings. The Morgan fingerprint density at radius 1 is 1.15 bits per heavy atom. The molecule has 0 fully saturated rings. The van der Waals surface area contributed by atoms with E-state index in [4.69, 9.17) is 5.11 Å². The fourth-order valence-corrected chi connectivity index (χ4v) is 2.07. The Hall–Kier alpha value is -0.820. The number of aliphatic hydroxyl groups excluding tert-OH is 1. The predicted molar refractivity (Wildman–Crippen MR) is 55.9 cm³/mol. The molecule has 0 aromatic heterocycles. The van der Waals surface area contributed by atoms with E-state index in [2.05, 4.69) is 39.8 Å². The maximum Gasteiger partial charge on any atom is 0.0682 e. The fourth-order valence-electron chi connectivity index (χ4n) is 2.07. The number of benzene rings is 1. The highest BCUT2D eigenvalue weighted by Gasteiger charge is 2.07. The van der Waals surface area contributed by atoms with Crippen molar-refractivity contribution in [1.82, 2.24) is 0 Å². The first-order valence-electron chi connectivity index (χ1n) is 4.77. The Kier molecular flexibility index (Phi) is 3.10. The van der Waals surface area contributed by atoms with E-state index in [1.54, 1.807) is 0 Å². The Balaban J connectivity index is 3.23. The molecule has 0 saturated carbocycles. The molecule has 0 saturated heterocycles. The Bertz CT molecular complexity index is 277. The molecule has 0 bridgehead atoms.